The van der Waals surface area contributed by atoms with E-state index in [2.05, 4.69) is 16.0 Å². The maximum atomic E-state index is 13.4. The third-order valence-corrected chi connectivity index (χ3v) is 7.46. The summed E-state index contributed by atoms with van der Waals surface area (Å²) in [7, 11) is 0. The molecule has 0 saturated carbocycles. The van der Waals surface area contributed by atoms with Gasteiger partial charge in [0.1, 0.15) is 5.60 Å². The maximum absolute atomic E-state index is 13.4. The number of hydrogen-bond donors (Lipinski definition) is 4. The minimum absolute atomic E-state index is 0.0185. The Morgan fingerprint density at radius 3 is 1.98 bits per heavy atom. The molecule has 4 N–H and O–H groups in total. The van der Waals surface area contributed by atoms with Gasteiger partial charge in [-0.05, 0) is 69.5 Å². The average Bonchev–Trinajstić information content (AvgIpc) is 2.93. The van der Waals surface area contributed by atoms with E-state index in [0.29, 0.717) is 13.0 Å². The Balaban J connectivity index is 2.11. The molecule has 0 aromatic heterocycles. The van der Waals surface area contributed by atoms with Crippen LogP contribution in [0.3, 0.4) is 0 Å². The van der Waals surface area contributed by atoms with E-state index in [-0.39, 0.29) is 24.2 Å². The van der Waals surface area contributed by atoms with Crippen molar-refractivity contribution in [2.45, 2.75) is 97.9 Å². The number of rotatable bonds is 15. The molecule has 8 heteroatoms. The van der Waals surface area contributed by atoms with Crippen LogP contribution in [0.25, 0.3) is 0 Å². The van der Waals surface area contributed by atoms with Crippen molar-refractivity contribution < 1.29 is 24.2 Å². The Hall–Kier alpha value is -3.23. The van der Waals surface area contributed by atoms with Crippen molar-refractivity contribution in [2.24, 2.45) is 17.8 Å². The summed E-state index contributed by atoms with van der Waals surface area (Å²) in [4.78, 5) is 39.4. The van der Waals surface area contributed by atoms with Crippen LogP contribution >= 0.6 is 0 Å². The fourth-order valence-electron chi connectivity index (χ4n) is 4.81. The monoisotopic (exact) mass is 581 g/mol. The van der Waals surface area contributed by atoms with E-state index < -0.39 is 41.7 Å². The lowest BCUT2D eigenvalue weighted by Crippen LogP contribution is -2.53. The molecule has 0 aliphatic rings. The average molecular weight is 582 g/mol. The molecule has 0 spiro atoms. The summed E-state index contributed by atoms with van der Waals surface area (Å²) in [6.45, 7) is 13.7. The number of ether oxygens (including phenoxy) is 1. The van der Waals surface area contributed by atoms with Gasteiger partial charge in [0.2, 0.25) is 11.8 Å². The molecule has 232 valence electrons. The molecule has 5 atom stereocenters. The van der Waals surface area contributed by atoms with Crippen LogP contribution in [0.15, 0.2) is 60.7 Å². The zero-order valence-electron chi connectivity index (χ0n) is 26.4. The highest BCUT2D eigenvalue weighted by molar-refractivity contribution is 5.98. The molecule has 0 aliphatic carbocycles. The SMILES string of the molecule is CC[C@H](C)[C@H](NCCc1ccccc1)C(=O)NC(=O)[C@@H](C[C@H](O)[C@H](Cc1ccccc1)NC(=O)OC(C)(C)C)C(C)C. The minimum atomic E-state index is -1.06. The van der Waals surface area contributed by atoms with E-state index in [1.165, 1.54) is 5.56 Å². The smallest absolute Gasteiger partial charge is 0.407 e. The molecule has 0 radical (unpaired) electrons. The topological polar surface area (TPSA) is 117 Å². The maximum Gasteiger partial charge on any atom is 0.407 e. The Labute approximate surface area is 252 Å². The van der Waals surface area contributed by atoms with Gasteiger partial charge >= 0.3 is 6.09 Å². The van der Waals surface area contributed by atoms with Crippen molar-refractivity contribution in [3.05, 3.63) is 71.8 Å². The lowest BCUT2D eigenvalue weighted by molar-refractivity contribution is -0.136. The second-order valence-electron chi connectivity index (χ2n) is 12.5. The molecule has 0 fully saturated rings. The van der Waals surface area contributed by atoms with Crippen LogP contribution in [0.1, 0.15) is 72.4 Å². The van der Waals surface area contributed by atoms with Crippen molar-refractivity contribution in [3.8, 4) is 0 Å². The van der Waals surface area contributed by atoms with Gasteiger partial charge in [0.15, 0.2) is 0 Å². The first-order valence-electron chi connectivity index (χ1n) is 15.1. The van der Waals surface area contributed by atoms with E-state index in [4.69, 9.17) is 4.74 Å². The Morgan fingerprint density at radius 2 is 1.45 bits per heavy atom. The van der Waals surface area contributed by atoms with Crippen LogP contribution in [0, 0.1) is 17.8 Å². The van der Waals surface area contributed by atoms with Gasteiger partial charge in [-0.2, -0.15) is 0 Å². The molecule has 42 heavy (non-hydrogen) atoms. The fourth-order valence-corrected chi connectivity index (χ4v) is 4.81. The number of aliphatic hydroxyl groups is 1. The largest absolute Gasteiger partial charge is 0.444 e. The van der Waals surface area contributed by atoms with Gasteiger partial charge in [-0.25, -0.2) is 4.79 Å². The standard InChI is InChI=1S/C34H51N3O5/c1-8-24(4)30(35-20-19-25-15-11-9-12-16-25)32(40)37-31(39)27(23(2)3)22-29(38)28(21-26-17-13-10-14-18-26)36-33(41)42-34(5,6)7/h9-18,23-24,27-30,35,38H,8,19-22H2,1-7H3,(H,36,41)(H,37,39,40)/t24-,27-,28-,29-,30-/m0/s1. The molecule has 0 heterocycles. The summed E-state index contributed by atoms with van der Waals surface area (Å²) in [5.41, 5.74) is 1.40. The predicted molar refractivity (Wildman–Crippen MR) is 167 cm³/mol. The highest BCUT2D eigenvalue weighted by Gasteiger charge is 2.33. The first-order chi connectivity index (χ1) is 19.8. The van der Waals surface area contributed by atoms with Gasteiger partial charge in [-0.3, -0.25) is 14.9 Å². The van der Waals surface area contributed by atoms with Gasteiger partial charge in [0.25, 0.3) is 0 Å². The van der Waals surface area contributed by atoms with Crippen molar-refractivity contribution in [1.29, 1.82) is 0 Å². The molecule has 2 aromatic carbocycles. The van der Waals surface area contributed by atoms with E-state index in [0.717, 1.165) is 18.4 Å². The van der Waals surface area contributed by atoms with E-state index in [1.807, 2.05) is 88.4 Å². The normalized spacial score (nSPS) is 15.3. The molecule has 0 saturated heterocycles. The summed E-state index contributed by atoms with van der Waals surface area (Å²) in [5, 5.41) is 20.1. The lowest BCUT2D eigenvalue weighted by Gasteiger charge is -2.30. The molecular formula is C34H51N3O5. The molecule has 0 unspecified atom stereocenters. The highest BCUT2D eigenvalue weighted by atomic mass is 16.6. The van der Waals surface area contributed by atoms with Gasteiger partial charge in [0, 0.05) is 5.92 Å². The van der Waals surface area contributed by atoms with Gasteiger partial charge in [0.05, 0.1) is 18.2 Å². The Kier molecular flexibility index (Phi) is 14.2. The number of carbonyl (C=O) groups excluding carboxylic acids is 3. The van der Waals surface area contributed by atoms with Crippen molar-refractivity contribution in [2.75, 3.05) is 6.54 Å². The molecule has 8 nitrogen and oxygen atoms in total. The summed E-state index contributed by atoms with van der Waals surface area (Å²) in [5.74, 6) is -1.58. The fraction of sp³-hybridized carbons (Fsp3) is 0.559. The molecule has 0 bridgehead atoms. The number of amides is 3. The number of alkyl carbamates (subject to hydrolysis) is 1. The number of aliphatic hydroxyl groups excluding tert-OH is 1. The van der Waals surface area contributed by atoms with Gasteiger partial charge < -0.3 is 20.5 Å². The van der Waals surface area contributed by atoms with Crippen molar-refractivity contribution in [3.63, 3.8) is 0 Å². The van der Waals surface area contributed by atoms with Crippen LogP contribution in [0.4, 0.5) is 4.79 Å². The van der Waals surface area contributed by atoms with Crippen LogP contribution in [0.5, 0.6) is 0 Å². The highest BCUT2D eigenvalue weighted by Crippen LogP contribution is 2.22. The van der Waals surface area contributed by atoms with E-state index >= 15 is 0 Å². The Morgan fingerprint density at radius 1 is 0.881 bits per heavy atom. The molecule has 3 amide bonds. The van der Waals surface area contributed by atoms with Crippen LogP contribution in [-0.4, -0.2) is 53.3 Å². The van der Waals surface area contributed by atoms with Crippen LogP contribution in [0.2, 0.25) is 0 Å². The molecule has 2 aromatic rings. The second-order valence-corrected chi connectivity index (χ2v) is 12.5. The first kappa shape index (κ1) is 35.0. The summed E-state index contributed by atoms with van der Waals surface area (Å²) < 4.78 is 5.44. The summed E-state index contributed by atoms with van der Waals surface area (Å²) >= 11 is 0. The number of benzene rings is 2. The van der Waals surface area contributed by atoms with E-state index in [1.54, 1.807) is 20.8 Å². The summed E-state index contributed by atoms with van der Waals surface area (Å²) in [6.07, 6.45) is 0.271. The number of nitrogens with one attached hydrogen (secondary N) is 3. The van der Waals surface area contributed by atoms with E-state index in [9.17, 15) is 19.5 Å². The third kappa shape index (κ3) is 12.3. The van der Waals surface area contributed by atoms with Gasteiger partial charge in [-0.15, -0.1) is 0 Å². The minimum Gasteiger partial charge on any atom is -0.444 e. The zero-order chi connectivity index (χ0) is 31.3. The predicted octanol–water partition coefficient (Wildman–Crippen LogP) is 5.04. The Bertz CT molecular complexity index is 1100. The molecular weight excluding hydrogens is 530 g/mol. The lowest BCUT2D eigenvalue weighted by atomic mass is 9.86. The molecule has 2 rings (SSSR count). The second kappa shape index (κ2) is 17.0. The quantitative estimate of drug-likeness (QED) is 0.234. The third-order valence-electron chi connectivity index (χ3n) is 7.46. The molecule has 0 aliphatic heterocycles. The zero-order valence-corrected chi connectivity index (χ0v) is 26.4. The number of imide groups is 1. The summed E-state index contributed by atoms with van der Waals surface area (Å²) in [6, 6.07) is 18.3. The van der Waals surface area contributed by atoms with Crippen LogP contribution in [-0.2, 0) is 27.2 Å². The number of hydrogen-bond acceptors (Lipinski definition) is 6. The van der Waals surface area contributed by atoms with Gasteiger partial charge in [-0.1, -0.05) is 94.8 Å². The van der Waals surface area contributed by atoms with Crippen molar-refractivity contribution in [1.82, 2.24) is 16.0 Å². The van der Waals surface area contributed by atoms with Crippen LogP contribution < -0.4 is 16.0 Å². The van der Waals surface area contributed by atoms with Crippen molar-refractivity contribution >= 4 is 17.9 Å². The first-order valence-corrected chi connectivity index (χ1v) is 15.1. The number of carbonyl (C=O) groups is 3.